The Morgan fingerprint density at radius 3 is 2.72 bits per heavy atom. The van der Waals surface area contributed by atoms with Gasteiger partial charge in [0.2, 0.25) is 0 Å². The largest absolute Gasteiger partial charge is 0.312 e. The normalized spacial score (nSPS) is 24.4. The van der Waals surface area contributed by atoms with E-state index in [2.05, 4.69) is 30.5 Å². The number of rotatable bonds is 5. The number of nitrogens with one attached hydrogen (secondary N) is 1. The monoisotopic (exact) mass is 249 g/mol. The fraction of sp³-hybridized carbons (Fsp3) is 0.800. The maximum Gasteiger partial charge on any atom is 0.0666 e. The van der Waals surface area contributed by atoms with Gasteiger partial charge in [0, 0.05) is 25.4 Å². The highest BCUT2D eigenvalue weighted by Crippen LogP contribution is 2.27. The molecule has 0 saturated heterocycles. The molecule has 0 amide bonds. The molecule has 1 N–H and O–H groups in total. The molecule has 1 saturated carbocycles. The minimum absolute atomic E-state index is 0.892. The van der Waals surface area contributed by atoms with Gasteiger partial charge in [0.25, 0.3) is 0 Å². The summed E-state index contributed by atoms with van der Waals surface area (Å²) in [6.07, 6.45) is 8.82. The van der Waals surface area contributed by atoms with Crippen LogP contribution in [0.4, 0.5) is 0 Å². The zero-order valence-corrected chi connectivity index (χ0v) is 12.1. The Morgan fingerprint density at radius 2 is 2.06 bits per heavy atom. The Morgan fingerprint density at radius 1 is 1.33 bits per heavy atom. The van der Waals surface area contributed by atoms with E-state index in [9.17, 15) is 0 Å². The van der Waals surface area contributed by atoms with Crippen molar-refractivity contribution < 1.29 is 0 Å². The van der Waals surface area contributed by atoms with Crippen LogP contribution < -0.4 is 5.32 Å². The number of hydrogen-bond acceptors (Lipinski definition) is 2. The molecule has 1 aromatic heterocycles. The summed E-state index contributed by atoms with van der Waals surface area (Å²) in [5.74, 6) is 1.84. The molecule has 0 aromatic carbocycles. The van der Waals surface area contributed by atoms with Crippen LogP contribution in [0.15, 0.2) is 6.20 Å². The summed E-state index contributed by atoms with van der Waals surface area (Å²) in [7, 11) is 2.01. The van der Waals surface area contributed by atoms with Gasteiger partial charge >= 0.3 is 0 Å². The topological polar surface area (TPSA) is 29.9 Å². The van der Waals surface area contributed by atoms with E-state index in [4.69, 9.17) is 0 Å². The lowest BCUT2D eigenvalue weighted by molar-refractivity contribution is 0.281. The summed E-state index contributed by atoms with van der Waals surface area (Å²) in [6, 6.07) is 0. The molecular formula is C15H27N3. The lowest BCUT2D eigenvalue weighted by Gasteiger charge is -2.26. The Labute approximate surface area is 111 Å². The molecule has 1 fully saturated rings. The molecule has 0 bridgehead atoms. The van der Waals surface area contributed by atoms with Crippen LogP contribution in [-0.2, 0) is 20.0 Å². The lowest BCUT2D eigenvalue weighted by atomic mass is 9.83. The van der Waals surface area contributed by atoms with Crippen molar-refractivity contribution in [3.05, 3.63) is 17.5 Å². The van der Waals surface area contributed by atoms with Crippen molar-refractivity contribution in [3.63, 3.8) is 0 Å². The van der Waals surface area contributed by atoms with Gasteiger partial charge in [-0.1, -0.05) is 26.7 Å². The molecule has 0 spiro atoms. The summed E-state index contributed by atoms with van der Waals surface area (Å²) < 4.78 is 1.93. The highest BCUT2D eigenvalue weighted by Gasteiger charge is 2.17. The van der Waals surface area contributed by atoms with E-state index >= 15 is 0 Å². The first-order valence-corrected chi connectivity index (χ1v) is 7.41. The summed E-state index contributed by atoms with van der Waals surface area (Å²) in [5.41, 5.74) is 2.60. The Balaban J connectivity index is 1.74. The van der Waals surface area contributed by atoms with E-state index in [1.807, 2.05) is 11.7 Å². The predicted octanol–water partition coefficient (Wildman–Crippen LogP) is 2.90. The minimum atomic E-state index is 0.892. The number of aryl methyl sites for hydroxylation is 2. The second-order valence-corrected chi connectivity index (χ2v) is 5.89. The van der Waals surface area contributed by atoms with Gasteiger partial charge in [-0.3, -0.25) is 4.68 Å². The Hall–Kier alpha value is -0.830. The molecule has 2 rings (SSSR count). The summed E-state index contributed by atoms with van der Waals surface area (Å²) in [4.78, 5) is 0. The van der Waals surface area contributed by atoms with E-state index < -0.39 is 0 Å². The van der Waals surface area contributed by atoms with Crippen LogP contribution in [0.25, 0.3) is 0 Å². The van der Waals surface area contributed by atoms with Crippen molar-refractivity contribution in [1.82, 2.24) is 15.1 Å². The first-order chi connectivity index (χ1) is 8.69. The van der Waals surface area contributed by atoms with Crippen molar-refractivity contribution >= 4 is 0 Å². The maximum absolute atomic E-state index is 4.48. The van der Waals surface area contributed by atoms with Gasteiger partial charge in [0.05, 0.1) is 5.69 Å². The van der Waals surface area contributed by atoms with Gasteiger partial charge in [-0.05, 0) is 37.6 Å². The van der Waals surface area contributed by atoms with Crippen LogP contribution in [0.3, 0.4) is 0 Å². The van der Waals surface area contributed by atoms with Crippen LogP contribution in [0, 0.1) is 11.8 Å². The van der Waals surface area contributed by atoms with Crippen LogP contribution in [0.2, 0.25) is 0 Å². The van der Waals surface area contributed by atoms with Gasteiger partial charge in [0.15, 0.2) is 0 Å². The number of aromatic nitrogens is 2. The number of hydrogen-bond donors (Lipinski definition) is 1. The maximum atomic E-state index is 4.48. The van der Waals surface area contributed by atoms with Crippen molar-refractivity contribution in [2.75, 3.05) is 6.54 Å². The summed E-state index contributed by atoms with van der Waals surface area (Å²) in [6.45, 7) is 6.70. The van der Waals surface area contributed by atoms with Crippen molar-refractivity contribution in [1.29, 1.82) is 0 Å². The van der Waals surface area contributed by atoms with E-state index in [1.54, 1.807) is 0 Å². The van der Waals surface area contributed by atoms with Gasteiger partial charge in [-0.2, -0.15) is 5.10 Å². The second kappa shape index (κ2) is 6.37. The predicted molar refractivity (Wildman–Crippen MR) is 75.4 cm³/mol. The lowest BCUT2D eigenvalue weighted by Crippen LogP contribution is -2.25. The number of nitrogens with zero attached hydrogens (tertiary/aromatic N) is 2. The fourth-order valence-corrected chi connectivity index (χ4v) is 2.97. The SMILES string of the molecule is CCc1nn(C)cc1CNCC1CCC(C)CC1. The average Bonchev–Trinajstić information content (AvgIpc) is 2.72. The molecule has 0 aliphatic heterocycles. The first kappa shape index (κ1) is 13.6. The van der Waals surface area contributed by atoms with Gasteiger partial charge < -0.3 is 5.32 Å². The van der Waals surface area contributed by atoms with Gasteiger partial charge in [0.1, 0.15) is 0 Å². The zero-order valence-electron chi connectivity index (χ0n) is 12.1. The molecule has 3 heteroatoms. The molecule has 0 radical (unpaired) electrons. The molecule has 1 heterocycles. The summed E-state index contributed by atoms with van der Waals surface area (Å²) in [5, 5.41) is 8.10. The van der Waals surface area contributed by atoms with Crippen LogP contribution in [-0.4, -0.2) is 16.3 Å². The third-order valence-electron chi connectivity index (χ3n) is 4.21. The molecular weight excluding hydrogens is 222 g/mol. The van der Waals surface area contributed by atoms with Crippen LogP contribution in [0.5, 0.6) is 0 Å². The smallest absolute Gasteiger partial charge is 0.0666 e. The third kappa shape index (κ3) is 3.58. The van der Waals surface area contributed by atoms with Crippen molar-refractivity contribution in [2.45, 2.75) is 52.5 Å². The first-order valence-electron chi connectivity index (χ1n) is 7.41. The van der Waals surface area contributed by atoms with Crippen LogP contribution >= 0.6 is 0 Å². The molecule has 1 aliphatic rings. The highest BCUT2D eigenvalue weighted by atomic mass is 15.3. The van der Waals surface area contributed by atoms with E-state index in [-0.39, 0.29) is 0 Å². The van der Waals surface area contributed by atoms with Gasteiger partial charge in [-0.15, -0.1) is 0 Å². The van der Waals surface area contributed by atoms with E-state index in [0.717, 1.165) is 24.8 Å². The third-order valence-corrected chi connectivity index (χ3v) is 4.21. The second-order valence-electron chi connectivity index (χ2n) is 5.89. The molecule has 3 nitrogen and oxygen atoms in total. The minimum Gasteiger partial charge on any atom is -0.312 e. The quantitative estimate of drug-likeness (QED) is 0.869. The molecule has 102 valence electrons. The molecule has 1 aliphatic carbocycles. The standard InChI is InChI=1S/C15H27N3/c1-4-15-14(11-18(3)17-15)10-16-9-13-7-5-12(2)6-8-13/h11-13,16H,4-10H2,1-3H3. The Kier molecular flexibility index (Phi) is 4.81. The summed E-state index contributed by atoms with van der Waals surface area (Å²) >= 11 is 0. The van der Waals surface area contributed by atoms with Crippen molar-refractivity contribution in [2.24, 2.45) is 18.9 Å². The Bertz CT molecular complexity index is 362. The van der Waals surface area contributed by atoms with E-state index in [0.29, 0.717) is 0 Å². The highest BCUT2D eigenvalue weighted by molar-refractivity contribution is 5.16. The van der Waals surface area contributed by atoms with Crippen LogP contribution in [0.1, 0.15) is 50.8 Å². The zero-order chi connectivity index (χ0) is 13.0. The average molecular weight is 249 g/mol. The van der Waals surface area contributed by atoms with E-state index in [1.165, 1.54) is 43.5 Å². The molecule has 0 atom stereocenters. The molecule has 0 unspecified atom stereocenters. The fourth-order valence-electron chi connectivity index (χ4n) is 2.97. The molecule has 18 heavy (non-hydrogen) atoms. The van der Waals surface area contributed by atoms with Gasteiger partial charge in [-0.25, -0.2) is 0 Å². The molecule has 1 aromatic rings. The van der Waals surface area contributed by atoms with Crippen molar-refractivity contribution in [3.8, 4) is 0 Å².